The molecule has 0 spiro atoms. The maximum Gasteiger partial charge on any atom is 0.205 e. The number of methoxy groups -OCH3 is 1. The summed E-state index contributed by atoms with van der Waals surface area (Å²) in [5.74, 6) is 2.01. The molecule has 2 aliphatic rings. The normalized spacial score (nSPS) is 17.6. The Balaban J connectivity index is 2.11. The summed E-state index contributed by atoms with van der Waals surface area (Å²) in [5.41, 5.74) is 2.47. The molecule has 0 unspecified atom stereocenters. The summed E-state index contributed by atoms with van der Waals surface area (Å²) < 4.78 is 5.30. The number of hydrogen-bond acceptors (Lipinski definition) is 4. The van der Waals surface area contributed by atoms with Crippen molar-refractivity contribution in [3.63, 3.8) is 0 Å². The van der Waals surface area contributed by atoms with Gasteiger partial charge in [0, 0.05) is 25.7 Å². The minimum atomic E-state index is 0.909. The highest BCUT2D eigenvalue weighted by atomic mass is 16.5. The van der Waals surface area contributed by atoms with E-state index in [4.69, 9.17) is 4.74 Å². The van der Waals surface area contributed by atoms with Gasteiger partial charge in [0.15, 0.2) is 0 Å². The van der Waals surface area contributed by atoms with Crippen LogP contribution in [0.2, 0.25) is 0 Å². The zero-order valence-electron chi connectivity index (χ0n) is 10.3. The van der Waals surface area contributed by atoms with Crippen LogP contribution in [-0.2, 0) is 0 Å². The summed E-state index contributed by atoms with van der Waals surface area (Å²) in [7, 11) is 1.71. The van der Waals surface area contributed by atoms with Crippen molar-refractivity contribution in [1.82, 2.24) is 0 Å². The first-order chi connectivity index (χ1) is 8.35. The molecule has 0 aliphatic carbocycles. The molecule has 0 saturated heterocycles. The zero-order chi connectivity index (χ0) is 11.8. The first-order valence-corrected chi connectivity index (χ1v) is 6.12. The van der Waals surface area contributed by atoms with Crippen LogP contribution < -0.4 is 14.5 Å². The van der Waals surface area contributed by atoms with Crippen LogP contribution in [0.5, 0.6) is 5.75 Å². The molecule has 0 radical (unpaired) electrons. The van der Waals surface area contributed by atoms with E-state index in [1.54, 1.807) is 7.11 Å². The largest absolute Gasteiger partial charge is 0.497 e. The van der Waals surface area contributed by atoms with E-state index in [1.807, 2.05) is 6.07 Å². The van der Waals surface area contributed by atoms with Gasteiger partial charge >= 0.3 is 0 Å². The topological polar surface area (TPSA) is 28.1 Å². The molecule has 0 saturated carbocycles. The van der Waals surface area contributed by atoms with Crippen molar-refractivity contribution >= 4 is 17.3 Å². The van der Waals surface area contributed by atoms with Crippen LogP contribution in [0.25, 0.3) is 0 Å². The van der Waals surface area contributed by atoms with Crippen LogP contribution in [0.15, 0.2) is 23.2 Å². The fourth-order valence-electron chi connectivity index (χ4n) is 2.55. The van der Waals surface area contributed by atoms with Gasteiger partial charge in [0.2, 0.25) is 5.96 Å². The van der Waals surface area contributed by atoms with Gasteiger partial charge in [-0.1, -0.05) is 0 Å². The molecule has 4 heteroatoms. The van der Waals surface area contributed by atoms with Crippen molar-refractivity contribution < 1.29 is 4.74 Å². The maximum atomic E-state index is 5.30. The SMILES string of the molecule is CCN1C2=NCCCN2c2cc(OC)ccc21. The quantitative estimate of drug-likeness (QED) is 0.780. The van der Waals surface area contributed by atoms with Gasteiger partial charge in [-0.2, -0.15) is 0 Å². The number of ether oxygens (including phenoxy) is 1. The first-order valence-electron chi connectivity index (χ1n) is 6.12. The molecular weight excluding hydrogens is 214 g/mol. The van der Waals surface area contributed by atoms with Crippen LogP contribution >= 0.6 is 0 Å². The predicted molar refractivity (Wildman–Crippen MR) is 70.3 cm³/mol. The van der Waals surface area contributed by atoms with Crippen LogP contribution in [0.4, 0.5) is 11.4 Å². The lowest BCUT2D eigenvalue weighted by molar-refractivity contribution is 0.415. The number of nitrogens with zero attached hydrogens (tertiary/aromatic N) is 3. The van der Waals surface area contributed by atoms with Crippen molar-refractivity contribution in [2.75, 3.05) is 36.5 Å². The average molecular weight is 231 g/mol. The fourth-order valence-corrected chi connectivity index (χ4v) is 2.55. The van der Waals surface area contributed by atoms with Crippen LogP contribution in [-0.4, -0.2) is 32.7 Å². The number of hydrogen-bond donors (Lipinski definition) is 0. The lowest BCUT2D eigenvalue weighted by Crippen LogP contribution is -2.41. The molecule has 17 heavy (non-hydrogen) atoms. The lowest BCUT2D eigenvalue weighted by atomic mass is 10.2. The van der Waals surface area contributed by atoms with Crippen molar-refractivity contribution in [3.05, 3.63) is 18.2 Å². The van der Waals surface area contributed by atoms with E-state index in [1.165, 1.54) is 11.4 Å². The molecule has 3 rings (SSSR count). The molecule has 0 fully saturated rings. The third kappa shape index (κ3) is 1.47. The molecule has 0 N–H and O–H groups in total. The van der Waals surface area contributed by atoms with Crippen molar-refractivity contribution in [1.29, 1.82) is 0 Å². The van der Waals surface area contributed by atoms with E-state index in [2.05, 4.69) is 33.8 Å². The van der Waals surface area contributed by atoms with Crippen LogP contribution in [0, 0.1) is 0 Å². The summed E-state index contributed by atoms with van der Waals surface area (Å²) in [6, 6.07) is 6.24. The fraction of sp³-hybridized carbons (Fsp3) is 0.462. The monoisotopic (exact) mass is 231 g/mol. The average Bonchev–Trinajstić information content (AvgIpc) is 2.71. The summed E-state index contributed by atoms with van der Waals surface area (Å²) in [6.45, 7) is 5.10. The summed E-state index contributed by atoms with van der Waals surface area (Å²) >= 11 is 0. The van der Waals surface area contributed by atoms with Crippen molar-refractivity contribution in [3.8, 4) is 5.75 Å². The van der Waals surface area contributed by atoms with Gasteiger partial charge in [-0.15, -0.1) is 0 Å². The third-order valence-corrected chi connectivity index (χ3v) is 3.36. The second kappa shape index (κ2) is 3.95. The van der Waals surface area contributed by atoms with E-state index in [-0.39, 0.29) is 0 Å². The molecule has 0 bridgehead atoms. The molecular formula is C13H17N3O. The summed E-state index contributed by atoms with van der Waals surface area (Å²) in [4.78, 5) is 9.21. The van der Waals surface area contributed by atoms with E-state index in [9.17, 15) is 0 Å². The summed E-state index contributed by atoms with van der Waals surface area (Å²) in [5, 5.41) is 0. The molecule has 2 aliphatic heterocycles. The Morgan fingerprint density at radius 3 is 3.00 bits per heavy atom. The number of rotatable bonds is 2. The summed E-state index contributed by atoms with van der Waals surface area (Å²) in [6.07, 6.45) is 1.12. The highest BCUT2D eigenvalue weighted by Gasteiger charge is 2.33. The van der Waals surface area contributed by atoms with Gasteiger partial charge in [-0.05, 0) is 25.5 Å². The number of fused-ring (bicyclic) bond motifs is 3. The van der Waals surface area contributed by atoms with E-state index >= 15 is 0 Å². The molecule has 1 aromatic carbocycles. The first kappa shape index (κ1) is 10.4. The number of anilines is 2. The second-order valence-electron chi connectivity index (χ2n) is 4.29. The maximum absolute atomic E-state index is 5.30. The number of aliphatic imine (C=N–C) groups is 1. The third-order valence-electron chi connectivity index (χ3n) is 3.36. The van der Waals surface area contributed by atoms with Gasteiger partial charge in [0.05, 0.1) is 18.5 Å². The Hall–Kier alpha value is -1.71. The Labute approximate surface area is 102 Å². The predicted octanol–water partition coefficient (Wildman–Crippen LogP) is 2.10. The molecule has 0 aromatic heterocycles. The van der Waals surface area contributed by atoms with E-state index < -0.39 is 0 Å². The highest BCUT2D eigenvalue weighted by molar-refractivity contribution is 6.16. The Morgan fingerprint density at radius 1 is 1.35 bits per heavy atom. The molecule has 0 amide bonds. The molecule has 90 valence electrons. The van der Waals surface area contributed by atoms with Crippen molar-refractivity contribution in [2.24, 2.45) is 4.99 Å². The van der Waals surface area contributed by atoms with Gasteiger partial charge in [0.1, 0.15) is 5.75 Å². The Bertz CT molecular complexity index is 470. The second-order valence-corrected chi connectivity index (χ2v) is 4.29. The number of guanidine groups is 1. The molecule has 2 heterocycles. The Morgan fingerprint density at radius 2 is 2.24 bits per heavy atom. The Kier molecular flexibility index (Phi) is 2.42. The van der Waals surface area contributed by atoms with Gasteiger partial charge in [-0.3, -0.25) is 4.99 Å². The van der Waals surface area contributed by atoms with E-state index in [0.29, 0.717) is 0 Å². The smallest absolute Gasteiger partial charge is 0.205 e. The molecule has 1 aromatic rings. The van der Waals surface area contributed by atoms with Gasteiger partial charge < -0.3 is 14.5 Å². The van der Waals surface area contributed by atoms with Crippen molar-refractivity contribution in [2.45, 2.75) is 13.3 Å². The standard InChI is InChI=1S/C13H17N3O/c1-3-15-11-6-5-10(17-2)9-12(11)16-8-4-7-14-13(15)16/h5-6,9H,3-4,7-8H2,1-2H3. The molecule has 4 nitrogen and oxygen atoms in total. The van der Waals surface area contributed by atoms with Gasteiger partial charge in [0.25, 0.3) is 0 Å². The zero-order valence-corrected chi connectivity index (χ0v) is 10.3. The molecule has 0 atom stereocenters. The number of benzene rings is 1. The minimum Gasteiger partial charge on any atom is -0.497 e. The minimum absolute atomic E-state index is 0.909. The van der Waals surface area contributed by atoms with Crippen LogP contribution in [0.3, 0.4) is 0 Å². The highest BCUT2D eigenvalue weighted by Crippen LogP contribution is 2.40. The lowest BCUT2D eigenvalue weighted by Gasteiger charge is -2.25. The van der Waals surface area contributed by atoms with Gasteiger partial charge in [-0.25, -0.2) is 0 Å². The van der Waals surface area contributed by atoms with E-state index in [0.717, 1.165) is 37.8 Å². The van der Waals surface area contributed by atoms with Crippen LogP contribution in [0.1, 0.15) is 13.3 Å².